The zero-order valence-corrected chi connectivity index (χ0v) is 17.8. The van der Waals surface area contributed by atoms with Crippen LogP contribution in [0.1, 0.15) is 48.2 Å². The molecular weight excluding hydrogens is 406 g/mol. The Bertz CT molecular complexity index is 980. The lowest BCUT2D eigenvalue weighted by Gasteiger charge is -2.26. The fraction of sp³-hybridized carbons (Fsp3) is 0.429. The molecule has 0 aliphatic carbocycles. The van der Waals surface area contributed by atoms with Crippen LogP contribution in [0.2, 0.25) is 0 Å². The van der Waals surface area contributed by atoms with E-state index in [2.05, 4.69) is 10.6 Å². The summed E-state index contributed by atoms with van der Waals surface area (Å²) in [7, 11) is -3.58. The molecule has 2 aromatic rings. The first kappa shape index (κ1) is 22.0. The van der Waals surface area contributed by atoms with Gasteiger partial charge in [0.05, 0.1) is 11.2 Å². The average Bonchev–Trinajstić information content (AvgIpc) is 3.28. The molecule has 1 aliphatic heterocycles. The van der Waals surface area contributed by atoms with Crippen molar-refractivity contribution in [3.63, 3.8) is 0 Å². The lowest BCUT2D eigenvalue weighted by molar-refractivity contribution is -0.116. The number of carbonyl (C=O) groups is 2. The minimum absolute atomic E-state index is 0.195. The Morgan fingerprint density at radius 3 is 2.60 bits per heavy atom. The number of aryl methyl sites for hydroxylation is 1. The van der Waals surface area contributed by atoms with Crippen LogP contribution < -0.4 is 10.6 Å². The molecule has 2 heterocycles. The number of benzene rings is 1. The van der Waals surface area contributed by atoms with Crippen LogP contribution in [0, 0.1) is 6.92 Å². The molecule has 9 heteroatoms. The normalized spacial score (nSPS) is 15.0. The maximum Gasteiger partial charge on any atom is 0.286 e. The summed E-state index contributed by atoms with van der Waals surface area (Å²) in [6.45, 7) is 3.14. The number of hydrogen-bond donors (Lipinski definition) is 2. The summed E-state index contributed by atoms with van der Waals surface area (Å²) in [5.41, 5.74) is 1.10. The van der Waals surface area contributed by atoms with Crippen LogP contribution >= 0.6 is 0 Å². The third kappa shape index (κ3) is 5.48. The molecule has 30 heavy (non-hydrogen) atoms. The van der Waals surface area contributed by atoms with E-state index in [9.17, 15) is 18.0 Å². The lowest BCUT2D eigenvalue weighted by atomic mass is 10.2. The third-order valence-corrected chi connectivity index (χ3v) is 7.06. The van der Waals surface area contributed by atoms with Gasteiger partial charge >= 0.3 is 0 Å². The predicted molar refractivity (Wildman–Crippen MR) is 113 cm³/mol. The largest absolute Gasteiger partial charge is 0.459 e. The number of furan rings is 1. The third-order valence-electron chi connectivity index (χ3n) is 5.02. The van der Waals surface area contributed by atoms with Crippen molar-refractivity contribution in [2.24, 2.45) is 0 Å². The molecule has 162 valence electrons. The molecule has 0 spiro atoms. The van der Waals surface area contributed by atoms with E-state index in [1.807, 2.05) is 0 Å². The molecule has 2 N–H and O–H groups in total. The molecular formula is C21H27N3O5S. The van der Waals surface area contributed by atoms with Crippen molar-refractivity contribution in [1.29, 1.82) is 0 Å². The van der Waals surface area contributed by atoms with Crippen LogP contribution in [0.15, 0.2) is 45.9 Å². The molecule has 0 atom stereocenters. The first-order chi connectivity index (χ1) is 14.4. The highest BCUT2D eigenvalue weighted by molar-refractivity contribution is 7.89. The standard InChI is InChI=1S/C21H27N3O5S/c1-16-9-10-17(15-19(16)30(27,28)24-12-3-2-4-13-24)23-20(25)8-5-11-22-21(26)18-7-6-14-29-18/h6-7,9-10,14-15H,2-5,8,11-13H2,1H3,(H,22,26)(H,23,25). The molecule has 1 aromatic heterocycles. The predicted octanol–water partition coefficient (Wildman–Crippen LogP) is 2.91. The van der Waals surface area contributed by atoms with Gasteiger partial charge in [-0.05, 0) is 56.0 Å². The first-order valence-corrected chi connectivity index (χ1v) is 11.5. The Labute approximate surface area is 176 Å². The van der Waals surface area contributed by atoms with Crippen molar-refractivity contribution >= 4 is 27.5 Å². The minimum atomic E-state index is -3.58. The van der Waals surface area contributed by atoms with Gasteiger partial charge in [-0.15, -0.1) is 0 Å². The van der Waals surface area contributed by atoms with Crippen LogP contribution in [0.3, 0.4) is 0 Å². The van der Waals surface area contributed by atoms with E-state index in [0.29, 0.717) is 37.3 Å². The number of sulfonamides is 1. The van der Waals surface area contributed by atoms with Gasteiger partial charge in [0.25, 0.3) is 5.91 Å². The number of nitrogens with zero attached hydrogens (tertiary/aromatic N) is 1. The quantitative estimate of drug-likeness (QED) is 0.622. The highest BCUT2D eigenvalue weighted by Crippen LogP contribution is 2.26. The fourth-order valence-corrected chi connectivity index (χ4v) is 5.14. The maximum absolute atomic E-state index is 13.0. The van der Waals surface area contributed by atoms with E-state index in [4.69, 9.17) is 4.42 Å². The smallest absolute Gasteiger partial charge is 0.286 e. The summed E-state index contributed by atoms with van der Waals surface area (Å²) in [4.78, 5) is 24.2. The van der Waals surface area contributed by atoms with Crippen molar-refractivity contribution in [1.82, 2.24) is 9.62 Å². The van der Waals surface area contributed by atoms with Gasteiger partial charge in [0.1, 0.15) is 0 Å². The number of piperidine rings is 1. The Kier molecular flexibility index (Phi) is 7.28. The van der Waals surface area contributed by atoms with Gasteiger partial charge < -0.3 is 15.1 Å². The van der Waals surface area contributed by atoms with Gasteiger partial charge in [0, 0.05) is 31.7 Å². The van der Waals surface area contributed by atoms with Crippen molar-refractivity contribution in [3.8, 4) is 0 Å². The first-order valence-electron chi connectivity index (χ1n) is 10.1. The number of anilines is 1. The van der Waals surface area contributed by atoms with Crippen molar-refractivity contribution in [2.75, 3.05) is 25.0 Å². The Morgan fingerprint density at radius 1 is 1.13 bits per heavy atom. The molecule has 8 nitrogen and oxygen atoms in total. The van der Waals surface area contributed by atoms with Crippen LogP contribution in [-0.4, -0.2) is 44.2 Å². The van der Waals surface area contributed by atoms with E-state index < -0.39 is 10.0 Å². The molecule has 1 aliphatic rings. The van der Waals surface area contributed by atoms with Crippen LogP contribution in [-0.2, 0) is 14.8 Å². The summed E-state index contributed by atoms with van der Waals surface area (Å²) in [5, 5.41) is 5.43. The second-order valence-corrected chi connectivity index (χ2v) is 9.24. The van der Waals surface area contributed by atoms with E-state index in [1.165, 1.54) is 16.6 Å². The molecule has 1 fully saturated rings. The molecule has 1 saturated heterocycles. The lowest BCUT2D eigenvalue weighted by Crippen LogP contribution is -2.36. The van der Waals surface area contributed by atoms with Crippen LogP contribution in [0.25, 0.3) is 0 Å². The molecule has 1 aromatic carbocycles. The SMILES string of the molecule is Cc1ccc(NC(=O)CCCNC(=O)c2ccco2)cc1S(=O)(=O)N1CCCCC1. The summed E-state index contributed by atoms with van der Waals surface area (Å²) < 4.78 is 32.5. The summed E-state index contributed by atoms with van der Waals surface area (Å²) >= 11 is 0. The minimum Gasteiger partial charge on any atom is -0.459 e. The fourth-order valence-electron chi connectivity index (χ4n) is 3.37. The topological polar surface area (TPSA) is 109 Å². The zero-order valence-electron chi connectivity index (χ0n) is 17.0. The second kappa shape index (κ2) is 9.90. The van der Waals surface area contributed by atoms with Crippen molar-refractivity contribution in [3.05, 3.63) is 47.9 Å². The summed E-state index contributed by atoms with van der Waals surface area (Å²) in [5.74, 6) is -0.347. The zero-order chi connectivity index (χ0) is 21.6. The van der Waals surface area contributed by atoms with Gasteiger partial charge in [-0.1, -0.05) is 12.5 Å². The number of rotatable bonds is 8. The Hall–Kier alpha value is -2.65. The van der Waals surface area contributed by atoms with E-state index in [-0.39, 0.29) is 28.9 Å². The van der Waals surface area contributed by atoms with Crippen molar-refractivity contribution in [2.45, 2.75) is 43.9 Å². The summed E-state index contributed by atoms with van der Waals surface area (Å²) in [6.07, 6.45) is 4.84. The monoisotopic (exact) mass is 433 g/mol. The molecule has 0 saturated carbocycles. The Balaban J connectivity index is 1.54. The molecule has 0 bridgehead atoms. The summed E-state index contributed by atoms with van der Waals surface area (Å²) in [6, 6.07) is 8.12. The van der Waals surface area contributed by atoms with E-state index >= 15 is 0 Å². The highest BCUT2D eigenvalue weighted by atomic mass is 32.2. The average molecular weight is 434 g/mol. The van der Waals surface area contributed by atoms with Gasteiger partial charge in [0.15, 0.2) is 5.76 Å². The number of carbonyl (C=O) groups excluding carboxylic acids is 2. The van der Waals surface area contributed by atoms with Gasteiger partial charge in [-0.25, -0.2) is 8.42 Å². The van der Waals surface area contributed by atoms with Gasteiger partial charge in [-0.2, -0.15) is 4.31 Å². The van der Waals surface area contributed by atoms with Gasteiger partial charge in [0.2, 0.25) is 15.9 Å². The number of hydrogen-bond acceptors (Lipinski definition) is 5. The Morgan fingerprint density at radius 2 is 1.90 bits per heavy atom. The number of nitrogens with one attached hydrogen (secondary N) is 2. The molecule has 2 amide bonds. The molecule has 3 rings (SSSR count). The maximum atomic E-state index is 13.0. The highest BCUT2D eigenvalue weighted by Gasteiger charge is 2.27. The van der Waals surface area contributed by atoms with Crippen LogP contribution in [0.4, 0.5) is 5.69 Å². The van der Waals surface area contributed by atoms with Gasteiger partial charge in [-0.3, -0.25) is 9.59 Å². The number of amides is 2. The second-order valence-electron chi connectivity index (χ2n) is 7.33. The van der Waals surface area contributed by atoms with E-state index in [1.54, 1.807) is 31.2 Å². The van der Waals surface area contributed by atoms with Crippen LogP contribution in [0.5, 0.6) is 0 Å². The molecule has 0 radical (unpaired) electrons. The van der Waals surface area contributed by atoms with E-state index in [0.717, 1.165) is 19.3 Å². The van der Waals surface area contributed by atoms with Crippen molar-refractivity contribution < 1.29 is 22.4 Å². The molecule has 0 unspecified atom stereocenters.